The Bertz CT molecular complexity index is 632. The van der Waals surface area contributed by atoms with Gasteiger partial charge < -0.3 is 24.4 Å². The standard InChI is InChI=1S/C19H28F3N3O3.HI/c1-23-18(25-7-6-16(12-25)13-27-9-8-26-2)24-11-15-4-3-5-17(10-15)28-14-19(20,21)22;/h3-5,10,16H,6-9,11-14H2,1-2H3,(H,23,24);1H. The van der Waals surface area contributed by atoms with Crippen LogP contribution in [0.1, 0.15) is 12.0 Å². The van der Waals surface area contributed by atoms with E-state index in [2.05, 4.69) is 15.2 Å². The lowest BCUT2D eigenvalue weighted by molar-refractivity contribution is -0.153. The van der Waals surface area contributed by atoms with E-state index in [-0.39, 0.29) is 29.7 Å². The van der Waals surface area contributed by atoms with Crippen LogP contribution in [-0.2, 0) is 16.0 Å². The molecule has 1 atom stereocenters. The first-order valence-corrected chi connectivity index (χ1v) is 9.22. The maximum atomic E-state index is 12.3. The van der Waals surface area contributed by atoms with Crippen molar-refractivity contribution >= 4 is 29.9 Å². The summed E-state index contributed by atoms with van der Waals surface area (Å²) in [5.74, 6) is 1.40. The Kier molecular flexibility index (Phi) is 11.7. The number of likely N-dealkylation sites (tertiary alicyclic amines) is 1. The highest BCUT2D eigenvalue weighted by molar-refractivity contribution is 14.0. The van der Waals surface area contributed by atoms with Crippen LogP contribution in [0, 0.1) is 5.92 Å². The average molecular weight is 531 g/mol. The number of alkyl halides is 3. The summed E-state index contributed by atoms with van der Waals surface area (Å²) in [5.41, 5.74) is 0.819. The molecule has 0 spiro atoms. The third-order valence-corrected chi connectivity index (χ3v) is 4.33. The van der Waals surface area contributed by atoms with E-state index in [1.54, 1.807) is 26.3 Å². The van der Waals surface area contributed by atoms with Crippen molar-refractivity contribution in [2.45, 2.75) is 19.1 Å². The van der Waals surface area contributed by atoms with Crippen molar-refractivity contribution in [2.24, 2.45) is 10.9 Å². The zero-order valence-corrected chi connectivity index (χ0v) is 19.0. The Hall–Kier alpha value is -1.27. The van der Waals surface area contributed by atoms with Crippen LogP contribution in [0.25, 0.3) is 0 Å². The number of halogens is 4. The van der Waals surface area contributed by atoms with Gasteiger partial charge in [-0.3, -0.25) is 4.99 Å². The van der Waals surface area contributed by atoms with Gasteiger partial charge >= 0.3 is 6.18 Å². The monoisotopic (exact) mass is 531 g/mol. The number of benzene rings is 1. The number of ether oxygens (including phenoxy) is 3. The molecule has 166 valence electrons. The largest absolute Gasteiger partial charge is 0.484 e. The molecule has 0 aliphatic carbocycles. The fraction of sp³-hybridized carbons (Fsp3) is 0.632. The maximum Gasteiger partial charge on any atom is 0.422 e. The molecule has 0 saturated carbocycles. The molecule has 1 aliphatic rings. The topological polar surface area (TPSA) is 55.3 Å². The Labute approximate surface area is 186 Å². The third-order valence-electron chi connectivity index (χ3n) is 4.33. The van der Waals surface area contributed by atoms with Gasteiger partial charge in [0.05, 0.1) is 19.8 Å². The van der Waals surface area contributed by atoms with E-state index in [1.165, 1.54) is 6.07 Å². The van der Waals surface area contributed by atoms with Crippen LogP contribution in [0.4, 0.5) is 13.2 Å². The lowest BCUT2D eigenvalue weighted by atomic mass is 10.1. The molecule has 0 amide bonds. The van der Waals surface area contributed by atoms with Crippen molar-refractivity contribution in [3.63, 3.8) is 0 Å². The average Bonchev–Trinajstić information content (AvgIpc) is 3.13. The summed E-state index contributed by atoms with van der Waals surface area (Å²) in [6.07, 6.45) is -3.33. The van der Waals surface area contributed by atoms with Gasteiger partial charge in [0.15, 0.2) is 12.6 Å². The Morgan fingerprint density at radius 3 is 2.79 bits per heavy atom. The summed E-state index contributed by atoms with van der Waals surface area (Å²) < 4.78 is 52.2. The smallest absolute Gasteiger partial charge is 0.422 e. The van der Waals surface area contributed by atoms with Crippen LogP contribution < -0.4 is 10.1 Å². The predicted octanol–water partition coefficient (Wildman–Crippen LogP) is 3.31. The molecule has 10 heteroatoms. The van der Waals surface area contributed by atoms with Gasteiger partial charge in [-0.1, -0.05) is 12.1 Å². The van der Waals surface area contributed by atoms with Gasteiger partial charge in [0.25, 0.3) is 0 Å². The molecule has 6 nitrogen and oxygen atoms in total. The van der Waals surface area contributed by atoms with E-state index >= 15 is 0 Å². The molecule has 2 rings (SSSR count). The minimum Gasteiger partial charge on any atom is -0.484 e. The second-order valence-electron chi connectivity index (χ2n) is 6.62. The van der Waals surface area contributed by atoms with Crippen molar-refractivity contribution in [3.05, 3.63) is 29.8 Å². The van der Waals surface area contributed by atoms with E-state index in [9.17, 15) is 13.2 Å². The molecule has 1 fully saturated rings. The molecule has 1 N–H and O–H groups in total. The second-order valence-corrected chi connectivity index (χ2v) is 6.62. The Morgan fingerprint density at radius 1 is 1.31 bits per heavy atom. The van der Waals surface area contributed by atoms with Gasteiger partial charge in [-0.05, 0) is 24.1 Å². The summed E-state index contributed by atoms with van der Waals surface area (Å²) >= 11 is 0. The lowest BCUT2D eigenvalue weighted by Crippen LogP contribution is -2.39. The van der Waals surface area contributed by atoms with Crippen LogP contribution in [-0.4, -0.2) is 70.7 Å². The van der Waals surface area contributed by atoms with Gasteiger partial charge in [0.1, 0.15) is 5.75 Å². The summed E-state index contributed by atoms with van der Waals surface area (Å²) in [4.78, 5) is 6.47. The summed E-state index contributed by atoms with van der Waals surface area (Å²) in [7, 11) is 3.36. The van der Waals surface area contributed by atoms with Gasteiger partial charge in [0.2, 0.25) is 0 Å². The van der Waals surface area contributed by atoms with Gasteiger partial charge in [-0.15, -0.1) is 24.0 Å². The van der Waals surface area contributed by atoms with Gasteiger partial charge in [-0.25, -0.2) is 0 Å². The van der Waals surface area contributed by atoms with E-state index in [4.69, 9.17) is 14.2 Å². The predicted molar refractivity (Wildman–Crippen MR) is 116 cm³/mol. The van der Waals surface area contributed by atoms with Crippen LogP contribution in [0.2, 0.25) is 0 Å². The molecule has 29 heavy (non-hydrogen) atoms. The number of nitrogens with one attached hydrogen (secondary N) is 1. The number of nitrogens with zero attached hydrogens (tertiary/aromatic N) is 2. The molecular formula is C19H29F3IN3O3. The molecular weight excluding hydrogens is 502 g/mol. The fourth-order valence-corrected chi connectivity index (χ4v) is 2.98. The van der Waals surface area contributed by atoms with Crippen LogP contribution in [0.15, 0.2) is 29.3 Å². The number of rotatable bonds is 9. The van der Waals surface area contributed by atoms with Crippen molar-refractivity contribution in [1.29, 1.82) is 0 Å². The lowest BCUT2D eigenvalue weighted by Gasteiger charge is -2.22. The zero-order chi connectivity index (χ0) is 20.4. The Balaban J connectivity index is 0.00000420. The van der Waals surface area contributed by atoms with Crippen molar-refractivity contribution in [3.8, 4) is 5.75 Å². The number of guanidine groups is 1. The first-order valence-electron chi connectivity index (χ1n) is 9.22. The zero-order valence-electron chi connectivity index (χ0n) is 16.7. The van der Waals surface area contributed by atoms with E-state index in [0.29, 0.717) is 32.3 Å². The molecule has 1 aromatic rings. The normalized spacial score (nSPS) is 17.2. The molecule has 1 saturated heterocycles. The number of hydrogen-bond donors (Lipinski definition) is 1. The quantitative estimate of drug-likeness (QED) is 0.230. The minimum atomic E-state index is -4.35. The highest BCUT2D eigenvalue weighted by Crippen LogP contribution is 2.20. The number of aliphatic imine (C=N–C) groups is 1. The summed E-state index contributed by atoms with van der Waals surface area (Å²) in [6.45, 7) is 2.75. The van der Waals surface area contributed by atoms with E-state index in [1.807, 2.05) is 6.07 Å². The first kappa shape index (κ1) is 25.8. The molecule has 0 aromatic heterocycles. The third kappa shape index (κ3) is 9.85. The van der Waals surface area contributed by atoms with Crippen molar-refractivity contribution in [1.82, 2.24) is 10.2 Å². The van der Waals surface area contributed by atoms with Gasteiger partial charge in [0, 0.05) is 39.7 Å². The van der Waals surface area contributed by atoms with Crippen LogP contribution in [0.5, 0.6) is 5.75 Å². The Morgan fingerprint density at radius 2 is 2.10 bits per heavy atom. The number of hydrogen-bond acceptors (Lipinski definition) is 4. The maximum absolute atomic E-state index is 12.3. The minimum absolute atomic E-state index is 0. The molecule has 0 bridgehead atoms. The van der Waals surface area contributed by atoms with Crippen LogP contribution in [0.3, 0.4) is 0 Å². The molecule has 1 heterocycles. The second kappa shape index (κ2) is 13.1. The highest BCUT2D eigenvalue weighted by atomic mass is 127. The van der Waals surface area contributed by atoms with Crippen LogP contribution >= 0.6 is 24.0 Å². The fourth-order valence-electron chi connectivity index (χ4n) is 2.98. The highest BCUT2D eigenvalue weighted by Gasteiger charge is 2.28. The molecule has 1 aromatic carbocycles. The van der Waals surface area contributed by atoms with Gasteiger partial charge in [-0.2, -0.15) is 13.2 Å². The van der Waals surface area contributed by atoms with E-state index in [0.717, 1.165) is 31.0 Å². The summed E-state index contributed by atoms with van der Waals surface area (Å²) in [6, 6.07) is 6.62. The summed E-state index contributed by atoms with van der Waals surface area (Å²) in [5, 5.41) is 3.26. The molecule has 1 unspecified atom stereocenters. The molecule has 0 radical (unpaired) electrons. The SMILES string of the molecule is CN=C(NCc1cccc(OCC(F)(F)F)c1)N1CCC(COCCOC)C1.I. The van der Waals surface area contributed by atoms with Crippen molar-refractivity contribution < 1.29 is 27.4 Å². The number of methoxy groups -OCH3 is 1. The first-order chi connectivity index (χ1) is 13.4. The van der Waals surface area contributed by atoms with E-state index < -0.39 is 12.8 Å². The molecule has 1 aliphatic heterocycles. The van der Waals surface area contributed by atoms with Crippen molar-refractivity contribution in [2.75, 3.05) is 53.7 Å².